The number of nitrogens with zero attached hydrogens (tertiary/aromatic N) is 1. The Hall–Kier alpha value is -1.36. The Balaban J connectivity index is 2.46. The maximum atomic E-state index is 11.5. The van der Waals surface area contributed by atoms with Crippen LogP contribution in [0.2, 0.25) is 0 Å². The van der Waals surface area contributed by atoms with E-state index in [1.165, 1.54) is 11.0 Å². The van der Waals surface area contributed by atoms with Crippen LogP contribution in [0, 0.1) is 0 Å². The number of carbonyl (C=O) groups is 2. The Labute approximate surface area is 94.6 Å². The zero-order valence-corrected chi connectivity index (χ0v) is 9.32. The van der Waals surface area contributed by atoms with Crippen LogP contribution in [0.1, 0.15) is 6.42 Å². The van der Waals surface area contributed by atoms with E-state index in [1.807, 2.05) is 0 Å². The number of para-hydroxylation sites is 1. The molecule has 0 atom stereocenters. The molecular weight excluding hydrogens is 262 g/mol. The maximum absolute atomic E-state index is 11.5. The summed E-state index contributed by atoms with van der Waals surface area (Å²) in [5.41, 5.74) is 0.369. The van der Waals surface area contributed by atoms with Gasteiger partial charge in [-0.05, 0) is 28.1 Å². The number of anilines is 1. The number of benzene rings is 1. The summed E-state index contributed by atoms with van der Waals surface area (Å²) >= 11 is 3.24. The predicted octanol–water partition coefficient (Wildman–Crippen LogP) is 1.46. The standard InChI is InChI=1S/C10H8BrNO3/c11-7-2-1-3-8(14)10(7)12-5-6(13)4-9(12)15/h1-3,14H,4-5H2. The lowest BCUT2D eigenvalue weighted by atomic mass is 10.2. The minimum absolute atomic E-state index is 0.00701. The van der Waals surface area contributed by atoms with Gasteiger partial charge in [0.25, 0.3) is 0 Å². The molecule has 0 bridgehead atoms. The predicted molar refractivity (Wildman–Crippen MR) is 57.8 cm³/mol. The second-order valence-electron chi connectivity index (χ2n) is 3.30. The van der Waals surface area contributed by atoms with Crippen molar-refractivity contribution < 1.29 is 14.7 Å². The van der Waals surface area contributed by atoms with Crippen molar-refractivity contribution in [1.29, 1.82) is 0 Å². The lowest BCUT2D eigenvalue weighted by Gasteiger charge is -2.17. The van der Waals surface area contributed by atoms with Gasteiger partial charge in [-0.25, -0.2) is 0 Å². The third-order valence-corrected chi connectivity index (χ3v) is 2.86. The second kappa shape index (κ2) is 3.66. The molecule has 2 rings (SSSR count). The van der Waals surface area contributed by atoms with Crippen LogP contribution in [0.3, 0.4) is 0 Å². The molecule has 1 amide bonds. The summed E-state index contributed by atoms with van der Waals surface area (Å²) < 4.78 is 0.602. The molecule has 0 saturated carbocycles. The summed E-state index contributed by atoms with van der Waals surface area (Å²) in [7, 11) is 0. The Morgan fingerprint density at radius 1 is 1.33 bits per heavy atom. The number of amides is 1. The number of phenols is 1. The molecule has 1 N–H and O–H groups in total. The quantitative estimate of drug-likeness (QED) is 0.786. The summed E-state index contributed by atoms with van der Waals surface area (Å²) in [4.78, 5) is 23.9. The number of Topliss-reactive ketones (excluding diaryl/α,β-unsaturated/α-hetero) is 1. The van der Waals surface area contributed by atoms with Gasteiger partial charge in [0.15, 0.2) is 5.78 Å². The molecule has 1 aromatic rings. The van der Waals surface area contributed by atoms with Gasteiger partial charge in [-0.3, -0.25) is 9.59 Å². The third kappa shape index (κ3) is 1.74. The van der Waals surface area contributed by atoms with E-state index in [9.17, 15) is 14.7 Å². The molecule has 1 heterocycles. The Morgan fingerprint density at radius 2 is 2.07 bits per heavy atom. The van der Waals surface area contributed by atoms with Gasteiger partial charge in [-0.15, -0.1) is 0 Å². The molecule has 1 aromatic carbocycles. The maximum Gasteiger partial charge on any atom is 0.235 e. The van der Waals surface area contributed by atoms with Crippen LogP contribution in [0.15, 0.2) is 22.7 Å². The zero-order valence-electron chi connectivity index (χ0n) is 7.74. The smallest absolute Gasteiger partial charge is 0.235 e. The first-order valence-electron chi connectivity index (χ1n) is 4.39. The van der Waals surface area contributed by atoms with Gasteiger partial charge in [0.05, 0.1) is 13.0 Å². The van der Waals surface area contributed by atoms with Crippen LogP contribution in [-0.4, -0.2) is 23.3 Å². The average molecular weight is 270 g/mol. The molecule has 1 saturated heterocycles. The molecule has 1 aliphatic rings. The largest absolute Gasteiger partial charge is 0.506 e. The minimum Gasteiger partial charge on any atom is -0.506 e. The molecule has 4 nitrogen and oxygen atoms in total. The molecule has 0 aliphatic carbocycles. The van der Waals surface area contributed by atoms with Crippen molar-refractivity contribution in [3.63, 3.8) is 0 Å². The van der Waals surface area contributed by atoms with Crippen LogP contribution in [-0.2, 0) is 9.59 Å². The molecule has 78 valence electrons. The molecule has 1 fully saturated rings. The summed E-state index contributed by atoms with van der Waals surface area (Å²) in [5, 5.41) is 9.62. The van der Waals surface area contributed by atoms with Crippen molar-refractivity contribution in [1.82, 2.24) is 0 Å². The number of aromatic hydroxyl groups is 1. The van der Waals surface area contributed by atoms with Crippen molar-refractivity contribution in [2.45, 2.75) is 6.42 Å². The summed E-state index contributed by atoms with van der Waals surface area (Å²) in [6.45, 7) is 0.0367. The third-order valence-electron chi connectivity index (χ3n) is 2.22. The van der Waals surface area contributed by atoms with Crippen LogP contribution in [0.5, 0.6) is 5.75 Å². The van der Waals surface area contributed by atoms with E-state index >= 15 is 0 Å². The lowest BCUT2D eigenvalue weighted by Crippen LogP contribution is -2.24. The molecule has 0 radical (unpaired) electrons. The highest BCUT2D eigenvalue weighted by molar-refractivity contribution is 9.10. The van der Waals surface area contributed by atoms with Gasteiger partial charge in [0.1, 0.15) is 11.4 Å². The van der Waals surface area contributed by atoms with Gasteiger partial charge in [-0.2, -0.15) is 0 Å². The van der Waals surface area contributed by atoms with E-state index in [2.05, 4.69) is 15.9 Å². The van der Waals surface area contributed by atoms with Crippen LogP contribution in [0.4, 0.5) is 5.69 Å². The zero-order chi connectivity index (χ0) is 11.0. The fourth-order valence-corrected chi connectivity index (χ4v) is 2.13. The van der Waals surface area contributed by atoms with Crippen LogP contribution < -0.4 is 4.90 Å². The van der Waals surface area contributed by atoms with Crippen molar-refractivity contribution in [2.24, 2.45) is 0 Å². The van der Waals surface area contributed by atoms with E-state index in [0.717, 1.165) is 0 Å². The van der Waals surface area contributed by atoms with Gasteiger partial charge < -0.3 is 10.0 Å². The highest BCUT2D eigenvalue weighted by Gasteiger charge is 2.31. The van der Waals surface area contributed by atoms with E-state index in [1.54, 1.807) is 12.1 Å². The van der Waals surface area contributed by atoms with Gasteiger partial charge in [-0.1, -0.05) is 6.07 Å². The highest BCUT2D eigenvalue weighted by Crippen LogP contribution is 2.36. The Kier molecular flexibility index (Phi) is 2.48. The first-order valence-corrected chi connectivity index (χ1v) is 5.18. The monoisotopic (exact) mass is 269 g/mol. The number of ketones is 1. The molecular formula is C10H8BrNO3. The number of hydrogen-bond donors (Lipinski definition) is 1. The molecule has 5 heteroatoms. The van der Waals surface area contributed by atoms with Crippen molar-refractivity contribution in [3.05, 3.63) is 22.7 Å². The number of halogens is 1. The fraction of sp³-hybridized carbons (Fsp3) is 0.200. The van der Waals surface area contributed by atoms with Crippen LogP contribution >= 0.6 is 15.9 Å². The number of phenolic OH excluding ortho intramolecular Hbond substituents is 1. The highest BCUT2D eigenvalue weighted by atomic mass is 79.9. The molecule has 15 heavy (non-hydrogen) atoms. The van der Waals surface area contributed by atoms with E-state index < -0.39 is 0 Å². The average Bonchev–Trinajstić information content (AvgIpc) is 2.45. The first-order chi connectivity index (χ1) is 7.09. The summed E-state index contributed by atoms with van der Waals surface area (Å²) in [5.74, 6) is -0.412. The lowest BCUT2D eigenvalue weighted by molar-refractivity contribution is -0.121. The molecule has 1 aliphatic heterocycles. The Morgan fingerprint density at radius 3 is 2.60 bits per heavy atom. The van der Waals surface area contributed by atoms with E-state index in [4.69, 9.17) is 0 Å². The first kappa shape index (κ1) is 10.2. The fourth-order valence-electron chi connectivity index (χ4n) is 1.56. The van der Waals surface area contributed by atoms with E-state index in [-0.39, 0.29) is 30.4 Å². The van der Waals surface area contributed by atoms with Gasteiger partial charge in [0.2, 0.25) is 5.91 Å². The normalized spacial score (nSPS) is 16.2. The molecule has 0 aromatic heterocycles. The minimum atomic E-state index is -0.276. The summed E-state index contributed by atoms with van der Waals surface area (Å²) in [6.07, 6.45) is -0.0826. The SMILES string of the molecule is O=C1CC(=O)N(c2c(O)cccc2Br)C1. The van der Waals surface area contributed by atoms with Crippen molar-refractivity contribution in [2.75, 3.05) is 11.4 Å². The second-order valence-corrected chi connectivity index (χ2v) is 4.16. The molecule has 0 spiro atoms. The van der Waals surface area contributed by atoms with Crippen molar-refractivity contribution in [3.8, 4) is 5.75 Å². The number of hydrogen-bond acceptors (Lipinski definition) is 3. The Bertz CT molecular complexity index is 424. The number of rotatable bonds is 1. The van der Waals surface area contributed by atoms with Crippen molar-refractivity contribution >= 4 is 33.3 Å². The summed E-state index contributed by atoms with van der Waals surface area (Å²) in [6, 6.07) is 4.85. The van der Waals surface area contributed by atoms with Gasteiger partial charge in [0, 0.05) is 4.47 Å². The number of carbonyl (C=O) groups excluding carboxylic acids is 2. The topological polar surface area (TPSA) is 57.6 Å². The van der Waals surface area contributed by atoms with E-state index in [0.29, 0.717) is 10.2 Å². The molecule has 0 unspecified atom stereocenters. The van der Waals surface area contributed by atoms with Gasteiger partial charge >= 0.3 is 0 Å². The van der Waals surface area contributed by atoms with Crippen LogP contribution in [0.25, 0.3) is 0 Å².